The fraction of sp³-hybridized carbons (Fsp3) is 0.850. The van der Waals surface area contributed by atoms with Crippen LogP contribution < -0.4 is 5.32 Å². The van der Waals surface area contributed by atoms with Crippen molar-refractivity contribution in [3.05, 3.63) is 12.2 Å². The molecule has 2 N–H and O–H groups in total. The van der Waals surface area contributed by atoms with Crippen LogP contribution in [0.15, 0.2) is 12.2 Å². The van der Waals surface area contributed by atoms with Gasteiger partial charge in [-0.3, -0.25) is 4.79 Å². The lowest BCUT2D eigenvalue weighted by Crippen LogP contribution is -2.97. The fourth-order valence-electron chi connectivity index (χ4n) is 6.13. The zero-order valence-electron chi connectivity index (χ0n) is 16.0. The molecule has 0 radical (unpaired) electrons. The number of sulfone groups is 1. The molecule has 0 bridgehead atoms. The molecule has 0 spiro atoms. The number of hydrogen-bond donors (Lipinski definition) is 1. The molecule has 5 nitrogen and oxygen atoms in total. The Kier molecular flexibility index (Phi) is 4.31. The van der Waals surface area contributed by atoms with Crippen LogP contribution in [0, 0.1) is 23.2 Å². The Morgan fingerprint density at radius 3 is 2.77 bits per heavy atom. The third-order valence-electron chi connectivity index (χ3n) is 7.72. The molecule has 2 aliphatic carbocycles. The van der Waals surface area contributed by atoms with Crippen molar-refractivity contribution in [1.29, 1.82) is 0 Å². The Labute approximate surface area is 156 Å². The molecular weight excluding hydrogens is 350 g/mol. The summed E-state index contributed by atoms with van der Waals surface area (Å²) in [6.07, 6.45) is 6.16. The third-order valence-corrected chi connectivity index (χ3v) is 9.64. The molecule has 26 heavy (non-hydrogen) atoms. The summed E-state index contributed by atoms with van der Waals surface area (Å²) < 4.78 is 29.5. The van der Waals surface area contributed by atoms with Gasteiger partial charge in [-0.1, -0.05) is 19.1 Å². The molecule has 0 aromatic carbocycles. The van der Waals surface area contributed by atoms with Gasteiger partial charge in [-0.05, 0) is 50.4 Å². The summed E-state index contributed by atoms with van der Waals surface area (Å²) in [7, 11) is -2.93. The van der Waals surface area contributed by atoms with E-state index in [4.69, 9.17) is 4.74 Å². The maximum atomic E-state index is 12.6. The largest absolute Gasteiger partial charge is 0.462 e. The molecule has 2 saturated carbocycles. The van der Waals surface area contributed by atoms with E-state index in [-0.39, 0.29) is 46.4 Å². The van der Waals surface area contributed by atoms with Gasteiger partial charge in [0.25, 0.3) is 0 Å². The van der Waals surface area contributed by atoms with Crippen LogP contribution in [0.2, 0.25) is 0 Å². The van der Waals surface area contributed by atoms with E-state index >= 15 is 0 Å². The number of rotatable bonds is 3. The van der Waals surface area contributed by atoms with Crippen LogP contribution in [0.1, 0.15) is 52.4 Å². The van der Waals surface area contributed by atoms with Gasteiger partial charge in [0.2, 0.25) is 0 Å². The van der Waals surface area contributed by atoms with E-state index in [1.807, 2.05) is 6.92 Å². The van der Waals surface area contributed by atoms with Crippen molar-refractivity contribution >= 4 is 15.8 Å². The number of allylic oxidation sites excluding steroid dienone is 1. The van der Waals surface area contributed by atoms with Gasteiger partial charge >= 0.3 is 5.97 Å². The van der Waals surface area contributed by atoms with Crippen molar-refractivity contribution in [2.75, 3.05) is 18.1 Å². The first-order valence-corrected chi connectivity index (χ1v) is 11.9. The summed E-state index contributed by atoms with van der Waals surface area (Å²) in [6, 6.07) is 0. The lowest BCUT2D eigenvalue weighted by atomic mass is 9.55. The van der Waals surface area contributed by atoms with Crippen LogP contribution >= 0.6 is 0 Å². The monoisotopic (exact) mass is 382 g/mol. The zero-order valence-corrected chi connectivity index (χ0v) is 16.8. The fourth-order valence-corrected chi connectivity index (χ4v) is 8.32. The lowest BCUT2D eigenvalue weighted by molar-refractivity contribution is -0.722. The SMILES string of the molecule is C=C1CCC[C@]2(C)C[C@H]3OC(=O)[C@H](C[NH2+][C@]4(C)CCS(=O)(=O)C4)[C@H]3C[C@@H]12. The molecule has 2 heterocycles. The summed E-state index contributed by atoms with van der Waals surface area (Å²) in [4.78, 5) is 12.6. The number of fused-ring (bicyclic) bond motifs is 2. The first kappa shape index (κ1) is 18.5. The molecule has 146 valence electrons. The molecular formula is C20H32NO4S+. The lowest BCUT2D eigenvalue weighted by Gasteiger charge is -2.49. The van der Waals surface area contributed by atoms with Gasteiger partial charge in [0.1, 0.15) is 23.3 Å². The van der Waals surface area contributed by atoms with E-state index in [9.17, 15) is 13.2 Å². The van der Waals surface area contributed by atoms with E-state index in [0.717, 1.165) is 19.3 Å². The quantitative estimate of drug-likeness (QED) is 0.592. The topological polar surface area (TPSA) is 77.0 Å². The molecule has 4 fully saturated rings. The molecule has 4 rings (SSSR count). The van der Waals surface area contributed by atoms with Crippen LogP contribution in [0.3, 0.4) is 0 Å². The average Bonchev–Trinajstić information content (AvgIpc) is 2.98. The molecule has 0 aromatic rings. The predicted molar refractivity (Wildman–Crippen MR) is 99.2 cm³/mol. The summed E-state index contributed by atoms with van der Waals surface area (Å²) >= 11 is 0. The predicted octanol–water partition coefficient (Wildman–Crippen LogP) is 1.44. The molecule has 2 aliphatic heterocycles. The summed E-state index contributed by atoms with van der Waals surface area (Å²) in [6.45, 7) is 9.33. The van der Waals surface area contributed by atoms with E-state index in [1.54, 1.807) is 0 Å². The van der Waals surface area contributed by atoms with Gasteiger partial charge in [0, 0.05) is 12.3 Å². The number of esters is 1. The highest BCUT2D eigenvalue weighted by Crippen LogP contribution is 2.56. The number of carbonyl (C=O) groups is 1. The van der Waals surface area contributed by atoms with E-state index < -0.39 is 9.84 Å². The Morgan fingerprint density at radius 2 is 2.08 bits per heavy atom. The van der Waals surface area contributed by atoms with Gasteiger partial charge in [0.05, 0.1) is 12.3 Å². The highest BCUT2D eigenvalue weighted by Gasteiger charge is 2.56. The minimum atomic E-state index is -2.93. The second-order valence-corrected chi connectivity index (χ2v) is 12.0. The van der Waals surface area contributed by atoms with E-state index in [2.05, 4.69) is 18.8 Å². The Balaban J connectivity index is 1.47. The van der Waals surface area contributed by atoms with Crippen LogP contribution in [0.25, 0.3) is 0 Å². The van der Waals surface area contributed by atoms with Crippen molar-refractivity contribution in [3.8, 4) is 0 Å². The first-order chi connectivity index (χ1) is 12.1. The summed E-state index contributed by atoms with van der Waals surface area (Å²) in [5, 5.41) is 2.11. The first-order valence-electron chi connectivity index (χ1n) is 10.0. The average molecular weight is 383 g/mol. The van der Waals surface area contributed by atoms with Gasteiger partial charge in [0.15, 0.2) is 9.84 Å². The maximum Gasteiger partial charge on any atom is 0.315 e. The van der Waals surface area contributed by atoms with Gasteiger partial charge in [-0.2, -0.15) is 0 Å². The number of ether oxygens (including phenoxy) is 1. The second kappa shape index (κ2) is 6.06. The van der Waals surface area contributed by atoms with Gasteiger partial charge < -0.3 is 10.1 Å². The Bertz CT molecular complexity index is 732. The number of hydrogen-bond acceptors (Lipinski definition) is 4. The standard InChI is InChI=1S/C20H31NO4S/c1-13-5-4-6-19(2)10-17-14(9-16(13)19)15(18(22)25-17)11-21-20(3)7-8-26(23,24)12-20/h14-17,21H,1,4-12H2,2-3H3/p+1/t14-,15-,16+,17-,19-,20-/m1/s1. The number of nitrogens with two attached hydrogens (primary N) is 1. The highest BCUT2D eigenvalue weighted by atomic mass is 32.2. The number of quaternary nitrogens is 1. The van der Waals surface area contributed by atoms with Crippen LogP contribution in [-0.2, 0) is 19.4 Å². The minimum Gasteiger partial charge on any atom is -0.462 e. The normalized spacial score (nSPS) is 47.3. The van der Waals surface area contributed by atoms with Gasteiger partial charge in [-0.15, -0.1) is 0 Å². The van der Waals surface area contributed by atoms with Crippen molar-refractivity contribution in [3.63, 3.8) is 0 Å². The zero-order chi connectivity index (χ0) is 18.7. The molecule has 0 aromatic heterocycles. The Hall–Kier alpha value is -0.880. The Morgan fingerprint density at radius 1 is 1.31 bits per heavy atom. The summed E-state index contributed by atoms with van der Waals surface area (Å²) in [5.41, 5.74) is 1.28. The van der Waals surface area contributed by atoms with Gasteiger partial charge in [-0.25, -0.2) is 8.42 Å². The van der Waals surface area contributed by atoms with Crippen LogP contribution in [-0.4, -0.2) is 44.1 Å². The highest BCUT2D eigenvalue weighted by molar-refractivity contribution is 7.91. The third kappa shape index (κ3) is 3.13. The molecule has 6 heteroatoms. The van der Waals surface area contributed by atoms with Crippen molar-refractivity contribution in [1.82, 2.24) is 0 Å². The van der Waals surface area contributed by atoms with E-state index in [0.29, 0.717) is 18.9 Å². The smallest absolute Gasteiger partial charge is 0.315 e. The van der Waals surface area contributed by atoms with Crippen LogP contribution in [0.4, 0.5) is 0 Å². The minimum absolute atomic E-state index is 0.0353. The van der Waals surface area contributed by atoms with Crippen molar-refractivity contribution in [2.45, 2.75) is 64.0 Å². The molecule has 4 aliphatic rings. The summed E-state index contributed by atoms with van der Waals surface area (Å²) in [5.74, 6) is 1.05. The molecule has 0 amide bonds. The molecule has 6 atom stereocenters. The number of carbonyl (C=O) groups excluding carboxylic acids is 1. The second-order valence-electron chi connectivity index (χ2n) is 9.84. The molecule has 0 unspecified atom stereocenters. The van der Waals surface area contributed by atoms with Crippen molar-refractivity contribution < 1.29 is 23.3 Å². The molecule has 2 saturated heterocycles. The van der Waals surface area contributed by atoms with Crippen molar-refractivity contribution in [2.24, 2.45) is 23.2 Å². The van der Waals surface area contributed by atoms with Crippen LogP contribution in [0.5, 0.6) is 0 Å². The van der Waals surface area contributed by atoms with E-state index in [1.165, 1.54) is 18.4 Å². The maximum absolute atomic E-state index is 12.6.